The van der Waals surface area contributed by atoms with Crippen molar-refractivity contribution in [1.29, 1.82) is 0 Å². The Hall–Kier alpha value is -2.07. The quantitative estimate of drug-likeness (QED) is 0.675. The Morgan fingerprint density at radius 3 is 2.48 bits per heavy atom. The first-order valence-electron chi connectivity index (χ1n) is 9.10. The van der Waals surface area contributed by atoms with E-state index in [0.29, 0.717) is 0 Å². The standard InChI is InChI=1S/C21H25N3S/c1-4-17-7-8-18-20(14-17)25-21(22-18)24-11-9-23(10-12-24)19-13-15(2)5-6-16(19)3/h5-8,13-14H,4,9-12H2,1-3H3. The molecule has 3 aromatic rings. The van der Waals surface area contributed by atoms with Gasteiger partial charge in [0, 0.05) is 31.9 Å². The lowest BCUT2D eigenvalue weighted by molar-refractivity contribution is 0.651. The zero-order chi connectivity index (χ0) is 17.4. The molecule has 1 aromatic heterocycles. The van der Waals surface area contributed by atoms with E-state index in [2.05, 4.69) is 67.0 Å². The first kappa shape index (κ1) is 16.4. The van der Waals surface area contributed by atoms with Gasteiger partial charge >= 0.3 is 0 Å². The minimum atomic E-state index is 1.04. The summed E-state index contributed by atoms with van der Waals surface area (Å²) in [6, 6.07) is 13.4. The van der Waals surface area contributed by atoms with Crippen LogP contribution >= 0.6 is 11.3 Å². The van der Waals surface area contributed by atoms with Crippen LogP contribution in [-0.4, -0.2) is 31.2 Å². The summed E-state index contributed by atoms with van der Waals surface area (Å²) in [6.07, 6.45) is 1.08. The zero-order valence-electron chi connectivity index (χ0n) is 15.2. The van der Waals surface area contributed by atoms with Gasteiger partial charge in [-0.3, -0.25) is 0 Å². The number of aromatic nitrogens is 1. The topological polar surface area (TPSA) is 19.4 Å². The molecule has 0 amide bonds. The Morgan fingerprint density at radius 1 is 0.960 bits per heavy atom. The number of piperazine rings is 1. The Bertz CT molecular complexity index is 891. The molecule has 0 N–H and O–H groups in total. The van der Waals surface area contributed by atoms with E-state index in [0.717, 1.165) is 38.1 Å². The van der Waals surface area contributed by atoms with Crippen LogP contribution < -0.4 is 9.80 Å². The molecule has 1 saturated heterocycles. The number of anilines is 2. The molecule has 1 aliphatic rings. The number of hydrogen-bond donors (Lipinski definition) is 0. The second-order valence-corrected chi connectivity index (χ2v) is 7.93. The van der Waals surface area contributed by atoms with Crippen LogP contribution in [0.2, 0.25) is 0 Å². The van der Waals surface area contributed by atoms with Gasteiger partial charge in [-0.15, -0.1) is 0 Å². The second kappa shape index (κ2) is 6.68. The molecule has 0 unspecified atom stereocenters. The zero-order valence-corrected chi connectivity index (χ0v) is 16.1. The van der Waals surface area contributed by atoms with E-state index in [-0.39, 0.29) is 0 Å². The van der Waals surface area contributed by atoms with E-state index in [4.69, 9.17) is 4.98 Å². The fourth-order valence-corrected chi connectivity index (χ4v) is 4.59. The minimum absolute atomic E-state index is 1.04. The lowest BCUT2D eigenvalue weighted by Gasteiger charge is -2.36. The maximum absolute atomic E-state index is 4.87. The van der Waals surface area contributed by atoms with E-state index in [1.54, 1.807) is 0 Å². The summed E-state index contributed by atoms with van der Waals surface area (Å²) in [4.78, 5) is 9.82. The fourth-order valence-electron chi connectivity index (χ4n) is 3.51. The molecule has 130 valence electrons. The molecule has 0 spiro atoms. The smallest absolute Gasteiger partial charge is 0.186 e. The van der Waals surface area contributed by atoms with E-state index in [9.17, 15) is 0 Å². The lowest BCUT2D eigenvalue weighted by atomic mass is 10.1. The summed E-state index contributed by atoms with van der Waals surface area (Å²) in [5, 5.41) is 1.17. The van der Waals surface area contributed by atoms with Gasteiger partial charge in [-0.25, -0.2) is 4.98 Å². The number of benzene rings is 2. The maximum atomic E-state index is 4.87. The Labute approximate surface area is 153 Å². The normalized spacial score (nSPS) is 15.2. The van der Waals surface area contributed by atoms with Crippen LogP contribution in [0.5, 0.6) is 0 Å². The second-order valence-electron chi connectivity index (χ2n) is 6.92. The molecule has 3 nitrogen and oxygen atoms in total. The molecule has 1 aliphatic heterocycles. The van der Waals surface area contributed by atoms with Crippen molar-refractivity contribution in [3.63, 3.8) is 0 Å². The average molecular weight is 352 g/mol. The molecule has 2 heterocycles. The summed E-state index contributed by atoms with van der Waals surface area (Å²) in [5.74, 6) is 0. The predicted molar refractivity (Wildman–Crippen MR) is 109 cm³/mol. The summed E-state index contributed by atoms with van der Waals surface area (Å²) in [6.45, 7) is 10.8. The molecule has 4 rings (SSSR count). The van der Waals surface area contributed by atoms with Gasteiger partial charge < -0.3 is 9.80 Å². The van der Waals surface area contributed by atoms with E-state index < -0.39 is 0 Å². The van der Waals surface area contributed by atoms with Gasteiger partial charge in [0.05, 0.1) is 10.2 Å². The first-order valence-corrected chi connectivity index (χ1v) is 9.92. The van der Waals surface area contributed by atoms with Gasteiger partial charge in [-0.1, -0.05) is 36.5 Å². The molecular weight excluding hydrogens is 326 g/mol. The molecular formula is C21H25N3S. The third-order valence-electron chi connectivity index (χ3n) is 5.11. The van der Waals surface area contributed by atoms with Gasteiger partial charge in [0.2, 0.25) is 0 Å². The summed E-state index contributed by atoms with van der Waals surface area (Å²) in [7, 11) is 0. The van der Waals surface area contributed by atoms with Crippen LogP contribution in [0, 0.1) is 13.8 Å². The van der Waals surface area contributed by atoms with Crippen LogP contribution in [-0.2, 0) is 6.42 Å². The molecule has 0 saturated carbocycles. The number of rotatable bonds is 3. The first-order chi connectivity index (χ1) is 12.1. The van der Waals surface area contributed by atoms with Gasteiger partial charge in [-0.05, 0) is 55.2 Å². The molecule has 0 bridgehead atoms. The highest BCUT2D eigenvalue weighted by Gasteiger charge is 2.21. The molecule has 0 radical (unpaired) electrons. The number of fused-ring (bicyclic) bond motifs is 1. The maximum Gasteiger partial charge on any atom is 0.186 e. The highest BCUT2D eigenvalue weighted by molar-refractivity contribution is 7.22. The summed E-state index contributed by atoms with van der Waals surface area (Å²) < 4.78 is 1.31. The van der Waals surface area contributed by atoms with Crippen molar-refractivity contribution >= 4 is 32.4 Å². The van der Waals surface area contributed by atoms with Gasteiger partial charge in [0.1, 0.15) is 0 Å². The third kappa shape index (κ3) is 3.23. The predicted octanol–water partition coefficient (Wildman–Crippen LogP) is 4.80. The van der Waals surface area contributed by atoms with E-state index in [1.165, 1.54) is 32.2 Å². The van der Waals surface area contributed by atoms with Crippen molar-refractivity contribution in [3.05, 3.63) is 53.1 Å². The van der Waals surface area contributed by atoms with Crippen LogP contribution in [0.15, 0.2) is 36.4 Å². The van der Waals surface area contributed by atoms with Crippen molar-refractivity contribution < 1.29 is 0 Å². The molecule has 4 heteroatoms. The largest absolute Gasteiger partial charge is 0.368 e. The van der Waals surface area contributed by atoms with Crippen LogP contribution in [0.4, 0.5) is 10.8 Å². The van der Waals surface area contributed by atoms with Crippen LogP contribution in [0.1, 0.15) is 23.6 Å². The van der Waals surface area contributed by atoms with E-state index in [1.807, 2.05) is 11.3 Å². The van der Waals surface area contributed by atoms with Crippen LogP contribution in [0.25, 0.3) is 10.2 Å². The Morgan fingerprint density at radius 2 is 1.72 bits per heavy atom. The van der Waals surface area contributed by atoms with Crippen molar-refractivity contribution in [3.8, 4) is 0 Å². The molecule has 1 fully saturated rings. The minimum Gasteiger partial charge on any atom is -0.368 e. The Balaban J connectivity index is 1.51. The molecule has 0 atom stereocenters. The highest BCUT2D eigenvalue weighted by atomic mass is 32.1. The monoisotopic (exact) mass is 351 g/mol. The van der Waals surface area contributed by atoms with Crippen molar-refractivity contribution in [2.24, 2.45) is 0 Å². The van der Waals surface area contributed by atoms with Crippen molar-refractivity contribution in [1.82, 2.24) is 4.98 Å². The van der Waals surface area contributed by atoms with Gasteiger partial charge in [-0.2, -0.15) is 0 Å². The molecule has 25 heavy (non-hydrogen) atoms. The highest BCUT2D eigenvalue weighted by Crippen LogP contribution is 2.31. The third-order valence-corrected chi connectivity index (χ3v) is 6.18. The molecule has 0 aliphatic carbocycles. The van der Waals surface area contributed by atoms with Gasteiger partial charge in [0.25, 0.3) is 0 Å². The summed E-state index contributed by atoms with van der Waals surface area (Å²) >= 11 is 1.83. The van der Waals surface area contributed by atoms with Crippen molar-refractivity contribution in [2.45, 2.75) is 27.2 Å². The SMILES string of the molecule is CCc1ccc2nc(N3CCN(c4cc(C)ccc4C)CC3)sc2c1. The van der Waals surface area contributed by atoms with Crippen molar-refractivity contribution in [2.75, 3.05) is 36.0 Å². The average Bonchev–Trinajstić information content (AvgIpc) is 3.07. The number of nitrogens with zero attached hydrogens (tertiary/aromatic N) is 3. The summed E-state index contributed by atoms with van der Waals surface area (Å²) in [5.41, 5.74) is 6.61. The fraction of sp³-hybridized carbons (Fsp3) is 0.381. The number of hydrogen-bond acceptors (Lipinski definition) is 4. The van der Waals surface area contributed by atoms with Crippen LogP contribution in [0.3, 0.4) is 0 Å². The van der Waals surface area contributed by atoms with E-state index >= 15 is 0 Å². The number of aryl methyl sites for hydroxylation is 3. The lowest BCUT2D eigenvalue weighted by Crippen LogP contribution is -2.46. The van der Waals surface area contributed by atoms with Gasteiger partial charge in [0.15, 0.2) is 5.13 Å². The Kier molecular flexibility index (Phi) is 4.38. The molecule has 2 aromatic carbocycles. The number of thiazole rings is 1.